The maximum Gasteiger partial charge on any atom is 0.227 e. The largest absolute Gasteiger partial charge is 0.456 e. The highest BCUT2D eigenvalue weighted by Crippen LogP contribution is 2.34. The van der Waals surface area contributed by atoms with Gasteiger partial charge in [-0.15, -0.1) is 0 Å². The molecule has 4 aromatic heterocycles. The molecule has 8 nitrogen and oxygen atoms in total. The molecule has 0 spiro atoms. The highest BCUT2D eigenvalue weighted by molar-refractivity contribution is 6.05. The molecule has 49 heavy (non-hydrogen) atoms. The zero-order valence-electron chi connectivity index (χ0n) is 25.7. The Hall–Kier alpha value is -6.93. The van der Waals surface area contributed by atoms with E-state index in [0.29, 0.717) is 51.5 Å². The molecule has 0 saturated heterocycles. The second kappa shape index (κ2) is 10.8. The minimum atomic E-state index is 0.501. The van der Waals surface area contributed by atoms with E-state index in [1.54, 1.807) is 0 Å². The van der Waals surface area contributed by atoms with Gasteiger partial charge in [0.25, 0.3) is 0 Å². The van der Waals surface area contributed by atoms with Crippen molar-refractivity contribution in [2.24, 2.45) is 0 Å². The van der Waals surface area contributed by atoms with Crippen LogP contribution in [-0.4, -0.2) is 24.9 Å². The lowest BCUT2D eigenvalue weighted by atomic mass is 10.1. The predicted molar refractivity (Wildman–Crippen MR) is 189 cm³/mol. The van der Waals surface area contributed by atoms with Crippen LogP contribution in [0.15, 0.2) is 153 Å². The maximum atomic E-state index is 6.21. The first kappa shape index (κ1) is 27.2. The number of aromatic nitrogens is 5. The minimum absolute atomic E-state index is 0.501. The number of oxazole rings is 2. The summed E-state index contributed by atoms with van der Waals surface area (Å²) in [5.74, 6) is 2.62. The lowest BCUT2D eigenvalue weighted by Crippen LogP contribution is -2.00. The smallest absolute Gasteiger partial charge is 0.227 e. The number of para-hydroxylation sites is 1. The van der Waals surface area contributed by atoms with Gasteiger partial charge in [-0.3, -0.25) is 0 Å². The zero-order valence-corrected chi connectivity index (χ0v) is 25.7. The molecule has 230 valence electrons. The summed E-state index contributed by atoms with van der Waals surface area (Å²) in [6.07, 6.45) is 0. The number of furan rings is 1. The van der Waals surface area contributed by atoms with Crippen molar-refractivity contribution in [1.29, 1.82) is 0 Å². The molecule has 0 saturated carbocycles. The van der Waals surface area contributed by atoms with Crippen LogP contribution < -0.4 is 0 Å². The second-order valence-corrected chi connectivity index (χ2v) is 11.8. The monoisotopic (exact) mass is 633 g/mol. The standard InChI is InChI=1S/C41H23N5O3/c1-3-9-24(10-4-1)40-42-31-21-26(16-19-34(31)48-40)37-44-38(27-17-20-35-32(22-27)43-41(49-35)25-11-5-2-6-12-25)46-39(45-37)28-15-18-30-29-13-7-8-14-33(29)47-36(30)23-28/h1-23H. The van der Waals surface area contributed by atoms with E-state index in [9.17, 15) is 0 Å². The summed E-state index contributed by atoms with van der Waals surface area (Å²) in [7, 11) is 0. The van der Waals surface area contributed by atoms with E-state index in [-0.39, 0.29) is 0 Å². The van der Waals surface area contributed by atoms with Crippen molar-refractivity contribution in [2.45, 2.75) is 0 Å². The highest BCUT2D eigenvalue weighted by Gasteiger charge is 2.18. The van der Waals surface area contributed by atoms with Crippen LogP contribution in [0.5, 0.6) is 0 Å². The molecule has 10 aromatic rings. The summed E-state index contributed by atoms with van der Waals surface area (Å²) in [5, 5.41) is 2.10. The molecular formula is C41H23N5O3. The van der Waals surface area contributed by atoms with Crippen molar-refractivity contribution in [2.75, 3.05) is 0 Å². The fraction of sp³-hybridized carbons (Fsp3) is 0. The van der Waals surface area contributed by atoms with E-state index < -0.39 is 0 Å². The molecule has 0 fully saturated rings. The Bertz CT molecular complexity index is 2700. The molecule has 0 aliphatic heterocycles. The van der Waals surface area contributed by atoms with Gasteiger partial charge in [0.05, 0.1) is 0 Å². The Kier molecular flexibility index (Phi) is 6.01. The summed E-state index contributed by atoms with van der Waals surface area (Å²) in [6, 6.07) is 45.4. The third-order valence-electron chi connectivity index (χ3n) is 8.61. The van der Waals surface area contributed by atoms with E-state index in [1.165, 1.54) is 0 Å². The predicted octanol–water partition coefficient (Wildman–Crippen LogP) is 10.4. The Balaban J connectivity index is 1.12. The van der Waals surface area contributed by atoms with Gasteiger partial charge in [0.2, 0.25) is 11.8 Å². The summed E-state index contributed by atoms with van der Waals surface area (Å²) < 4.78 is 18.4. The average molecular weight is 634 g/mol. The summed E-state index contributed by atoms with van der Waals surface area (Å²) in [4.78, 5) is 24.5. The lowest BCUT2D eigenvalue weighted by molar-refractivity contribution is 0.619. The average Bonchev–Trinajstić information content (AvgIpc) is 3.89. The summed E-state index contributed by atoms with van der Waals surface area (Å²) in [6.45, 7) is 0. The van der Waals surface area contributed by atoms with Crippen LogP contribution in [0.25, 0.3) is 101 Å². The first-order chi connectivity index (χ1) is 24.2. The van der Waals surface area contributed by atoms with Gasteiger partial charge < -0.3 is 13.3 Å². The number of hydrogen-bond donors (Lipinski definition) is 0. The highest BCUT2D eigenvalue weighted by atomic mass is 16.4. The molecule has 0 unspecified atom stereocenters. The fourth-order valence-electron chi connectivity index (χ4n) is 6.17. The van der Waals surface area contributed by atoms with Gasteiger partial charge in [0.15, 0.2) is 28.6 Å². The van der Waals surface area contributed by atoms with Crippen molar-refractivity contribution >= 4 is 44.1 Å². The van der Waals surface area contributed by atoms with Gasteiger partial charge in [-0.05, 0) is 78.9 Å². The molecule has 8 heteroatoms. The van der Waals surface area contributed by atoms with Gasteiger partial charge in [-0.2, -0.15) is 0 Å². The normalized spacial score (nSPS) is 11.7. The van der Waals surface area contributed by atoms with Crippen LogP contribution in [0.2, 0.25) is 0 Å². The van der Waals surface area contributed by atoms with Crippen molar-refractivity contribution in [3.05, 3.63) is 140 Å². The third-order valence-corrected chi connectivity index (χ3v) is 8.61. The van der Waals surface area contributed by atoms with Crippen molar-refractivity contribution in [3.63, 3.8) is 0 Å². The number of hydrogen-bond acceptors (Lipinski definition) is 8. The second-order valence-electron chi connectivity index (χ2n) is 11.8. The molecule has 0 N–H and O–H groups in total. The van der Waals surface area contributed by atoms with Crippen LogP contribution in [-0.2, 0) is 0 Å². The van der Waals surface area contributed by atoms with Gasteiger partial charge in [0.1, 0.15) is 22.2 Å². The van der Waals surface area contributed by atoms with Crippen LogP contribution in [0, 0.1) is 0 Å². The maximum absolute atomic E-state index is 6.21. The molecule has 0 bridgehead atoms. The minimum Gasteiger partial charge on any atom is -0.456 e. The quantitative estimate of drug-likeness (QED) is 0.184. The van der Waals surface area contributed by atoms with Gasteiger partial charge in [-0.1, -0.05) is 60.7 Å². The molecule has 6 aromatic carbocycles. The molecule has 0 aliphatic carbocycles. The number of fused-ring (bicyclic) bond motifs is 5. The molecule has 4 heterocycles. The molecule has 0 radical (unpaired) electrons. The zero-order chi connectivity index (χ0) is 32.3. The Morgan fingerprint density at radius 2 is 0.776 bits per heavy atom. The van der Waals surface area contributed by atoms with Crippen LogP contribution in [0.3, 0.4) is 0 Å². The van der Waals surface area contributed by atoms with Gasteiger partial charge in [0, 0.05) is 38.6 Å². The van der Waals surface area contributed by atoms with E-state index in [4.69, 9.17) is 38.2 Å². The number of nitrogens with zero attached hydrogens (tertiary/aromatic N) is 5. The Labute approximate surface area is 278 Å². The van der Waals surface area contributed by atoms with Gasteiger partial charge in [-0.25, -0.2) is 24.9 Å². The van der Waals surface area contributed by atoms with E-state index >= 15 is 0 Å². The Morgan fingerprint density at radius 1 is 0.306 bits per heavy atom. The molecule has 0 atom stereocenters. The molecule has 0 amide bonds. The number of rotatable bonds is 5. The van der Waals surface area contributed by atoms with Crippen LogP contribution in [0.4, 0.5) is 0 Å². The third kappa shape index (κ3) is 4.73. The van der Waals surface area contributed by atoms with Gasteiger partial charge >= 0.3 is 0 Å². The lowest BCUT2D eigenvalue weighted by Gasteiger charge is -2.08. The first-order valence-corrected chi connectivity index (χ1v) is 15.8. The molecular weight excluding hydrogens is 610 g/mol. The number of benzene rings is 6. The SMILES string of the molecule is c1ccc(-c2nc3cc(-c4nc(-c5ccc6oc(-c7ccccc7)nc6c5)nc(-c5ccc6c(c5)oc5ccccc56)n4)ccc3o2)cc1. The summed E-state index contributed by atoms with van der Waals surface area (Å²) in [5.41, 5.74) is 8.55. The van der Waals surface area contributed by atoms with Crippen molar-refractivity contribution in [1.82, 2.24) is 24.9 Å². The fourth-order valence-corrected chi connectivity index (χ4v) is 6.17. The van der Waals surface area contributed by atoms with Crippen molar-refractivity contribution in [3.8, 4) is 57.1 Å². The Morgan fingerprint density at radius 3 is 1.35 bits per heavy atom. The summed E-state index contributed by atoms with van der Waals surface area (Å²) >= 11 is 0. The first-order valence-electron chi connectivity index (χ1n) is 15.8. The van der Waals surface area contributed by atoms with E-state index in [0.717, 1.165) is 49.8 Å². The van der Waals surface area contributed by atoms with Crippen LogP contribution in [0.1, 0.15) is 0 Å². The molecule has 0 aliphatic rings. The van der Waals surface area contributed by atoms with Crippen molar-refractivity contribution < 1.29 is 13.3 Å². The topological polar surface area (TPSA) is 104 Å². The van der Waals surface area contributed by atoms with E-state index in [1.807, 2.05) is 127 Å². The van der Waals surface area contributed by atoms with E-state index in [2.05, 4.69) is 12.1 Å². The molecule has 10 rings (SSSR count). The van der Waals surface area contributed by atoms with Crippen LogP contribution >= 0.6 is 0 Å².